The van der Waals surface area contributed by atoms with E-state index >= 15 is 0 Å². The molecule has 0 amide bonds. The third kappa shape index (κ3) is 6.39. The number of nitrogens with zero attached hydrogens (tertiary/aromatic N) is 2. The van der Waals surface area contributed by atoms with E-state index in [0.717, 1.165) is 6.42 Å². The van der Waals surface area contributed by atoms with Gasteiger partial charge >= 0.3 is 0 Å². The fourth-order valence-electron chi connectivity index (χ4n) is 1.12. The van der Waals surface area contributed by atoms with E-state index in [1.54, 1.807) is 13.2 Å². The van der Waals surface area contributed by atoms with Crippen LogP contribution in [0.5, 0.6) is 5.88 Å². The molecule has 1 rings (SSSR count). The zero-order valence-corrected chi connectivity index (χ0v) is 12.1. The normalized spacial score (nSPS) is 10.6. The van der Waals surface area contributed by atoms with Gasteiger partial charge in [0.05, 0.1) is 19.8 Å². The first-order valence-electron chi connectivity index (χ1n) is 5.54. The lowest BCUT2D eigenvalue weighted by molar-refractivity contribution is 0.0641. The lowest BCUT2D eigenvalue weighted by Gasteiger charge is -2.07. The van der Waals surface area contributed by atoms with E-state index in [1.165, 1.54) is 11.8 Å². The smallest absolute Gasteiger partial charge is 0.218 e. The molecule has 5 nitrogen and oxygen atoms in total. The number of ether oxygens (including phenoxy) is 3. The summed E-state index contributed by atoms with van der Waals surface area (Å²) in [5.41, 5.74) is 0. The van der Waals surface area contributed by atoms with E-state index in [-0.39, 0.29) is 0 Å². The van der Waals surface area contributed by atoms with Gasteiger partial charge in [-0.2, -0.15) is 4.98 Å². The first kappa shape index (κ1) is 15.5. The van der Waals surface area contributed by atoms with E-state index in [0.29, 0.717) is 42.6 Å². The number of methoxy groups -OCH3 is 1. The molecule has 0 aliphatic heterocycles. The Morgan fingerprint density at radius 2 is 2.06 bits per heavy atom. The monoisotopic (exact) mass is 292 g/mol. The Hall–Kier alpha value is -0.560. The van der Waals surface area contributed by atoms with Crippen LogP contribution in [-0.4, -0.2) is 49.8 Å². The summed E-state index contributed by atoms with van der Waals surface area (Å²) in [7, 11) is 1.65. The Bertz CT molecular complexity index is 355. The fourth-order valence-corrected chi connectivity index (χ4v) is 1.72. The molecule has 0 radical (unpaired) electrons. The number of thioether (sulfide) groups is 1. The van der Waals surface area contributed by atoms with Crippen LogP contribution in [0.1, 0.15) is 6.42 Å². The molecule has 18 heavy (non-hydrogen) atoms. The molecule has 102 valence electrons. The van der Waals surface area contributed by atoms with Crippen LogP contribution >= 0.6 is 23.4 Å². The molecule has 0 fully saturated rings. The third-order valence-corrected chi connectivity index (χ3v) is 2.69. The summed E-state index contributed by atoms with van der Waals surface area (Å²) in [6, 6.07) is 1.60. The second kappa shape index (κ2) is 9.38. The zero-order chi connectivity index (χ0) is 13.2. The van der Waals surface area contributed by atoms with Crippen molar-refractivity contribution in [2.45, 2.75) is 11.6 Å². The van der Waals surface area contributed by atoms with E-state index in [1.807, 2.05) is 6.26 Å². The topological polar surface area (TPSA) is 53.5 Å². The lowest BCUT2D eigenvalue weighted by Crippen LogP contribution is -2.07. The molecule has 1 aromatic heterocycles. The van der Waals surface area contributed by atoms with Crippen LogP contribution in [0.2, 0.25) is 5.15 Å². The Morgan fingerprint density at radius 1 is 1.22 bits per heavy atom. The summed E-state index contributed by atoms with van der Waals surface area (Å²) in [6.07, 6.45) is 2.68. The molecule has 0 aromatic carbocycles. The van der Waals surface area contributed by atoms with Crippen molar-refractivity contribution in [2.75, 3.05) is 39.8 Å². The summed E-state index contributed by atoms with van der Waals surface area (Å²) in [5.74, 6) is 0.497. The van der Waals surface area contributed by atoms with Crippen LogP contribution in [0.15, 0.2) is 11.2 Å². The van der Waals surface area contributed by atoms with Gasteiger partial charge in [0, 0.05) is 26.2 Å². The highest BCUT2D eigenvalue weighted by molar-refractivity contribution is 7.98. The first-order valence-corrected chi connectivity index (χ1v) is 7.14. The SMILES string of the molecule is COCCOCCCOc1cc(Cl)nc(SC)n1. The Morgan fingerprint density at radius 3 is 2.78 bits per heavy atom. The molecule has 0 spiro atoms. The molecule has 1 heterocycles. The van der Waals surface area contributed by atoms with Crippen LogP contribution in [0.3, 0.4) is 0 Å². The van der Waals surface area contributed by atoms with E-state index in [4.69, 9.17) is 25.8 Å². The van der Waals surface area contributed by atoms with Crippen molar-refractivity contribution in [3.8, 4) is 5.88 Å². The number of hydrogen-bond donors (Lipinski definition) is 0. The maximum Gasteiger partial charge on any atom is 0.218 e. The van der Waals surface area contributed by atoms with Crippen LogP contribution in [0.25, 0.3) is 0 Å². The Kier molecular flexibility index (Phi) is 8.08. The highest BCUT2D eigenvalue weighted by Gasteiger charge is 2.03. The lowest BCUT2D eigenvalue weighted by atomic mass is 10.5. The van der Waals surface area contributed by atoms with Crippen molar-refractivity contribution < 1.29 is 14.2 Å². The van der Waals surface area contributed by atoms with Gasteiger partial charge in [-0.25, -0.2) is 4.98 Å². The molecule has 0 N–H and O–H groups in total. The van der Waals surface area contributed by atoms with Gasteiger partial charge in [0.25, 0.3) is 0 Å². The van der Waals surface area contributed by atoms with Crippen molar-refractivity contribution in [3.63, 3.8) is 0 Å². The van der Waals surface area contributed by atoms with Gasteiger partial charge in [-0.1, -0.05) is 23.4 Å². The molecule has 0 atom stereocenters. The second-order valence-corrected chi connectivity index (χ2v) is 4.48. The van der Waals surface area contributed by atoms with Crippen molar-refractivity contribution in [1.82, 2.24) is 9.97 Å². The molecular formula is C11H17ClN2O3S. The van der Waals surface area contributed by atoms with E-state index < -0.39 is 0 Å². The highest BCUT2D eigenvalue weighted by Crippen LogP contribution is 2.18. The van der Waals surface area contributed by atoms with Crippen molar-refractivity contribution in [3.05, 3.63) is 11.2 Å². The standard InChI is InChI=1S/C11H17ClN2O3S/c1-15-6-7-16-4-3-5-17-10-8-9(12)13-11(14-10)18-2/h8H,3-7H2,1-2H3. The number of rotatable bonds is 9. The number of aromatic nitrogens is 2. The van der Waals surface area contributed by atoms with Crippen molar-refractivity contribution in [2.24, 2.45) is 0 Å². The fraction of sp³-hybridized carbons (Fsp3) is 0.636. The van der Waals surface area contributed by atoms with Gasteiger partial charge in [-0.05, 0) is 6.26 Å². The molecule has 0 saturated carbocycles. The molecule has 1 aromatic rings. The summed E-state index contributed by atoms with van der Waals surface area (Å²) in [6.45, 7) is 2.39. The number of hydrogen-bond acceptors (Lipinski definition) is 6. The van der Waals surface area contributed by atoms with Crippen LogP contribution in [-0.2, 0) is 9.47 Å². The largest absolute Gasteiger partial charge is 0.477 e. The Balaban J connectivity index is 2.20. The van der Waals surface area contributed by atoms with E-state index in [9.17, 15) is 0 Å². The van der Waals surface area contributed by atoms with Gasteiger partial charge < -0.3 is 14.2 Å². The molecule has 0 aliphatic carbocycles. The minimum Gasteiger partial charge on any atom is -0.477 e. The van der Waals surface area contributed by atoms with Crippen molar-refractivity contribution >= 4 is 23.4 Å². The average Bonchev–Trinajstić information content (AvgIpc) is 2.37. The molecular weight excluding hydrogens is 276 g/mol. The molecule has 0 unspecified atom stereocenters. The maximum atomic E-state index is 5.84. The summed E-state index contributed by atoms with van der Waals surface area (Å²) < 4.78 is 15.7. The molecule has 7 heteroatoms. The van der Waals surface area contributed by atoms with Crippen LogP contribution in [0, 0.1) is 0 Å². The average molecular weight is 293 g/mol. The minimum absolute atomic E-state index is 0.390. The summed E-state index contributed by atoms with van der Waals surface area (Å²) >= 11 is 7.27. The zero-order valence-electron chi connectivity index (χ0n) is 10.5. The van der Waals surface area contributed by atoms with Crippen molar-refractivity contribution in [1.29, 1.82) is 0 Å². The molecule has 0 bridgehead atoms. The van der Waals surface area contributed by atoms with Gasteiger partial charge in [0.2, 0.25) is 5.88 Å². The van der Waals surface area contributed by atoms with Crippen LogP contribution in [0.4, 0.5) is 0 Å². The summed E-state index contributed by atoms with van der Waals surface area (Å²) in [5, 5.41) is 0.995. The maximum absolute atomic E-state index is 5.84. The van der Waals surface area contributed by atoms with Gasteiger partial charge in [-0.3, -0.25) is 0 Å². The minimum atomic E-state index is 0.390. The summed E-state index contributed by atoms with van der Waals surface area (Å²) in [4.78, 5) is 8.21. The predicted octanol–water partition coefficient (Wildman–Crippen LogP) is 2.28. The highest BCUT2D eigenvalue weighted by atomic mass is 35.5. The van der Waals surface area contributed by atoms with Gasteiger partial charge in [0.15, 0.2) is 5.16 Å². The first-order chi connectivity index (χ1) is 8.76. The molecule has 0 aliphatic rings. The third-order valence-electron chi connectivity index (χ3n) is 1.95. The van der Waals surface area contributed by atoms with Gasteiger partial charge in [-0.15, -0.1) is 0 Å². The van der Waals surface area contributed by atoms with E-state index in [2.05, 4.69) is 9.97 Å². The second-order valence-electron chi connectivity index (χ2n) is 3.32. The van der Waals surface area contributed by atoms with Crippen LogP contribution < -0.4 is 4.74 Å². The molecule has 0 saturated heterocycles. The quantitative estimate of drug-likeness (QED) is 0.301. The number of halogens is 1. The predicted molar refractivity (Wildman–Crippen MR) is 71.6 cm³/mol. The van der Waals surface area contributed by atoms with Gasteiger partial charge in [0.1, 0.15) is 5.15 Å². The Labute approximate surface area is 116 Å².